The van der Waals surface area contributed by atoms with Crippen LogP contribution in [0.15, 0.2) is 42.5 Å². The number of hydrogen-bond acceptors (Lipinski definition) is 2. The van der Waals surface area contributed by atoms with Gasteiger partial charge in [-0.25, -0.2) is 0 Å². The molecule has 1 atom stereocenters. The van der Waals surface area contributed by atoms with Gasteiger partial charge >= 0.3 is 0 Å². The molecular weight excluding hydrogens is 419 g/mol. The largest absolute Gasteiger partial charge is 0.354 e. The van der Waals surface area contributed by atoms with E-state index in [0.29, 0.717) is 35.5 Å². The van der Waals surface area contributed by atoms with Crippen molar-refractivity contribution in [2.45, 2.75) is 53.1 Å². The van der Waals surface area contributed by atoms with Crippen molar-refractivity contribution < 1.29 is 9.59 Å². The highest BCUT2D eigenvalue weighted by Crippen LogP contribution is 2.23. The summed E-state index contributed by atoms with van der Waals surface area (Å²) in [5.74, 6) is 0.0882. The zero-order valence-corrected chi connectivity index (χ0v) is 19.6. The van der Waals surface area contributed by atoms with Crippen LogP contribution in [0.4, 0.5) is 0 Å². The molecule has 0 aliphatic rings. The van der Waals surface area contributed by atoms with Crippen LogP contribution in [0.25, 0.3) is 0 Å². The fraction of sp³-hybridized carbons (Fsp3) is 0.417. The van der Waals surface area contributed by atoms with E-state index in [2.05, 4.69) is 5.32 Å². The third-order valence-electron chi connectivity index (χ3n) is 4.88. The maximum Gasteiger partial charge on any atom is 0.242 e. The first-order valence-corrected chi connectivity index (χ1v) is 11.0. The molecule has 0 fully saturated rings. The summed E-state index contributed by atoms with van der Waals surface area (Å²) in [4.78, 5) is 27.8. The SMILES string of the molecule is CCC(C(=O)NCC(C)C)N(Cc1ccc(C)cc1)C(=O)Cc1ccc(Cl)c(Cl)c1. The number of hydrogen-bond donors (Lipinski definition) is 1. The minimum atomic E-state index is -0.541. The van der Waals surface area contributed by atoms with E-state index in [9.17, 15) is 9.59 Å². The van der Waals surface area contributed by atoms with Crippen molar-refractivity contribution in [3.8, 4) is 0 Å². The smallest absolute Gasteiger partial charge is 0.242 e. The molecule has 2 rings (SSSR count). The Bertz CT molecular complexity index is 866. The predicted molar refractivity (Wildman–Crippen MR) is 124 cm³/mol. The molecule has 6 heteroatoms. The molecule has 0 saturated carbocycles. The second kappa shape index (κ2) is 11.4. The van der Waals surface area contributed by atoms with Crippen LogP contribution in [-0.4, -0.2) is 29.3 Å². The zero-order chi connectivity index (χ0) is 22.3. The van der Waals surface area contributed by atoms with E-state index < -0.39 is 6.04 Å². The van der Waals surface area contributed by atoms with E-state index in [1.165, 1.54) is 0 Å². The topological polar surface area (TPSA) is 49.4 Å². The Morgan fingerprint density at radius 1 is 1.00 bits per heavy atom. The monoisotopic (exact) mass is 448 g/mol. The number of carbonyl (C=O) groups is 2. The van der Waals surface area contributed by atoms with Gasteiger partial charge in [-0.05, 0) is 42.5 Å². The molecule has 2 aromatic rings. The molecule has 2 amide bonds. The first-order chi connectivity index (χ1) is 14.2. The van der Waals surface area contributed by atoms with E-state index in [4.69, 9.17) is 23.2 Å². The van der Waals surface area contributed by atoms with Gasteiger partial charge in [0, 0.05) is 13.1 Å². The van der Waals surface area contributed by atoms with Gasteiger partial charge in [0.05, 0.1) is 16.5 Å². The van der Waals surface area contributed by atoms with Crippen molar-refractivity contribution in [2.75, 3.05) is 6.54 Å². The third kappa shape index (κ3) is 7.03. The Labute approximate surface area is 189 Å². The molecule has 4 nitrogen and oxygen atoms in total. The highest BCUT2D eigenvalue weighted by atomic mass is 35.5. The van der Waals surface area contributed by atoms with Gasteiger partial charge in [0.2, 0.25) is 11.8 Å². The summed E-state index contributed by atoms with van der Waals surface area (Å²) in [5, 5.41) is 3.83. The van der Waals surface area contributed by atoms with Gasteiger partial charge < -0.3 is 10.2 Å². The van der Waals surface area contributed by atoms with Crippen molar-refractivity contribution in [3.63, 3.8) is 0 Å². The van der Waals surface area contributed by atoms with Gasteiger partial charge in [-0.15, -0.1) is 0 Å². The molecule has 0 aliphatic carbocycles. The van der Waals surface area contributed by atoms with Crippen LogP contribution in [0, 0.1) is 12.8 Å². The van der Waals surface area contributed by atoms with Gasteiger partial charge in [-0.1, -0.05) is 79.9 Å². The van der Waals surface area contributed by atoms with E-state index in [1.54, 1.807) is 23.1 Å². The number of aryl methyl sites for hydroxylation is 1. The third-order valence-corrected chi connectivity index (χ3v) is 5.62. The summed E-state index contributed by atoms with van der Waals surface area (Å²) in [6.45, 7) is 8.98. The van der Waals surface area contributed by atoms with Crippen molar-refractivity contribution in [2.24, 2.45) is 5.92 Å². The number of nitrogens with zero attached hydrogens (tertiary/aromatic N) is 1. The molecule has 0 radical (unpaired) electrons. The summed E-state index contributed by atoms with van der Waals surface area (Å²) in [7, 11) is 0. The number of amides is 2. The first kappa shape index (κ1) is 24.2. The average molecular weight is 449 g/mol. The van der Waals surface area contributed by atoms with Crippen LogP contribution in [0.3, 0.4) is 0 Å². The van der Waals surface area contributed by atoms with Crippen LogP contribution >= 0.6 is 23.2 Å². The summed E-state index contributed by atoms with van der Waals surface area (Å²) in [6, 6.07) is 12.6. The fourth-order valence-corrected chi connectivity index (χ4v) is 3.48. The Kier molecular flexibility index (Phi) is 9.19. The van der Waals surface area contributed by atoms with Crippen LogP contribution in [0.2, 0.25) is 10.0 Å². The quantitative estimate of drug-likeness (QED) is 0.556. The number of carbonyl (C=O) groups excluding carboxylic acids is 2. The van der Waals surface area contributed by atoms with Gasteiger partial charge in [0.1, 0.15) is 6.04 Å². The summed E-state index contributed by atoms with van der Waals surface area (Å²) in [6.07, 6.45) is 0.680. The molecule has 162 valence electrons. The normalized spacial score (nSPS) is 12.0. The zero-order valence-electron chi connectivity index (χ0n) is 18.0. The summed E-state index contributed by atoms with van der Waals surface area (Å²) < 4.78 is 0. The lowest BCUT2D eigenvalue weighted by Crippen LogP contribution is -2.50. The Morgan fingerprint density at radius 3 is 2.20 bits per heavy atom. The maximum atomic E-state index is 13.3. The summed E-state index contributed by atoms with van der Waals surface area (Å²) >= 11 is 12.1. The second-order valence-corrected chi connectivity index (χ2v) is 8.81. The molecule has 0 heterocycles. The predicted octanol–water partition coefficient (Wildman–Crippen LogP) is 5.42. The Hall–Kier alpha value is -2.04. The molecule has 0 bridgehead atoms. The van der Waals surface area contributed by atoms with Gasteiger partial charge in [0.15, 0.2) is 0 Å². The lowest BCUT2D eigenvalue weighted by atomic mass is 10.1. The van der Waals surface area contributed by atoms with Crippen LogP contribution < -0.4 is 5.32 Å². The number of nitrogens with one attached hydrogen (secondary N) is 1. The Balaban J connectivity index is 2.27. The number of halogens is 2. The average Bonchev–Trinajstić information content (AvgIpc) is 2.70. The second-order valence-electron chi connectivity index (χ2n) is 8.00. The Morgan fingerprint density at radius 2 is 1.63 bits per heavy atom. The lowest BCUT2D eigenvalue weighted by Gasteiger charge is -2.31. The molecular formula is C24H30Cl2N2O2. The van der Waals surface area contributed by atoms with Crippen molar-refractivity contribution in [1.29, 1.82) is 0 Å². The molecule has 0 aromatic heterocycles. The standard InChI is InChI=1S/C24H30Cl2N2O2/c1-5-22(24(30)27-14-16(2)3)28(15-18-8-6-17(4)7-9-18)23(29)13-19-10-11-20(25)21(26)12-19/h6-12,16,22H,5,13-15H2,1-4H3,(H,27,30). The highest BCUT2D eigenvalue weighted by molar-refractivity contribution is 6.42. The fourth-order valence-electron chi connectivity index (χ4n) is 3.16. The van der Waals surface area contributed by atoms with Gasteiger partial charge in [0.25, 0.3) is 0 Å². The van der Waals surface area contributed by atoms with E-state index in [1.807, 2.05) is 52.0 Å². The van der Waals surface area contributed by atoms with Crippen molar-refractivity contribution in [1.82, 2.24) is 10.2 Å². The number of rotatable bonds is 9. The van der Waals surface area contributed by atoms with Gasteiger partial charge in [-0.3, -0.25) is 9.59 Å². The molecule has 0 spiro atoms. The van der Waals surface area contributed by atoms with Crippen molar-refractivity contribution in [3.05, 3.63) is 69.2 Å². The van der Waals surface area contributed by atoms with Gasteiger partial charge in [-0.2, -0.15) is 0 Å². The first-order valence-electron chi connectivity index (χ1n) is 10.3. The lowest BCUT2D eigenvalue weighted by molar-refractivity contribution is -0.141. The molecule has 2 aromatic carbocycles. The van der Waals surface area contributed by atoms with Crippen molar-refractivity contribution >= 4 is 35.0 Å². The van der Waals surface area contributed by atoms with E-state index >= 15 is 0 Å². The molecule has 1 N–H and O–H groups in total. The molecule has 0 saturated heterocycles. The maximum absolute atomic E-state index is 13.3. The molecule has 30 heavy (non-hydrogen) atoms. The summed E-state index contributed by atoms with van der Waals surface area (Å²) in [5.41, 5.74) is 2.90. The number of benzene rings is 2. The van der Waals surface area contributed by atoms with E-state index in [-0.39, 0.29) is 18.2 Å². The molecule has 1 unspecified atom stereocenters. The minimum absolute atomic E-state index is 0.124. The van der Waals surface area contributed by atoms with Crippen LogP contribution in [0.1, 0.15) is 43.9 Å². The molecule has 0 aliphatic heterocycles. The van der Waals surface area contributed by atoms with E-state index in [0.717, 1.165) is 16.7 Å². The van der Waals surface area contributed by atoms with Crippen LogP contribution in [0.5, 0.6) is 0 Å². The minimum Gasteiger partial charge on any atom is -0.354 e. The highest BCUT2D eigenvalue weighted by Gasteiger charge is 2.28. The van der Waals surface area contributed by atoms with Crippen LogP contribution in [-0.2, 0) is 22.6 Å².